The van der Waals surface area contributed by atoms with E-state index in [1.807, 2.05) is 20.0 Å². The maximum absolute atomic E-state index is 5.32. The van der Waals surface area contributed by atoms with Gasteiger partial charge in [0.25, 0.3) is 0 Å². The summed E-state index contributed by atoms with van der Waals surface area (Å²) in [7, 11) is 0. The van der Waals surface area contributed by atoms with Crippen molar-refractivity contribution in [1.82, 2.24) is 19.6 Å². The average molecular weight is 328 g/mol. The summed E-state index contributed by atoms with van der Waals surface area (Å²) in [6, 6.07) is 0. The predicted molar refractivity (Wildman–Crippen MR) is 92.8 cm³/mol. The molecule has 0 amide bonds. The maximum Gasteiger partial charge on any atom is 0.138 e. The molecule has 0 bridgehead atoms. The Balaban J connectivity index is 1.44. The van der Waals surface area contributed by atoms with Crippen LogP contribution in [0.25, 0.3) is 0 Å². The van der Waals surface area contributed by atoms with Crippen molar-refractivity contribution < 1.29 is 4.52 Å². The van der Waals surface area contributed by atoms with E-state index in [9.17, 15) is 0 Å². The van der Waals surface area contributed by atoms with Crippen LogP contribution in [0.4, 0.5) is 0 Å². The number of nitrogens with zero attached hydrogens (tertiary/aromatic N) is 4. The minimum Gasteiger partial charge on any atom is -0.361 e. The maximum atomic E-state index is 5.32. The molecule has 0 N–H and O–H groups in total. The van der Waals surface area contributed by atoms with Crippen LogP contribution in [0.3, 0.4) is 0 Å². The Morgan fingerprint density at radius 2 is 2.08 bits per heavy atom. The molecule has 1 saturated heterocycles. The first kappa shape index (κ1) is 15.9. The summed E-state index contributed by atoms with van der Waals surface area (Å²) in [5, 5.41) is 4.10. The van der Waals surface area contributed by atoms with Crippen LogP contribution in [0.2, 0.25) is 0 Å². The largest absolute Gasteiger partial charge is 0.361 e. The molecule has 24 heavy (non-hydrogen) atoms. The Morgan fingerprint density at radius 1 is 1.21 bits per heavy atom. The molecule has 1 saturated carbocycles. The van der Waals surface area contributed by atoms with Gasteiger partial charge in [-0.1, -0.05) is 11.6 Å². The van der Waals surface area contributed by atoms with Gasteiger partial charge in [0.1, 0.15) is 11.6 Å². The van der Waals surface area contributed by atoms with E-state index in [4.69, 9.17) is 9.51 Å². The lowest BCUT2D eigenvalue weighted by Crippen LogP contribution is -2.35. The second-order valence-electron chi connectivity index (χ2n) is 7.61. The summed E-state index contributed by atoms with van der Waals surface area (Å²) in [6.07, 6.45) is 10.8. The van der Waals surface area contributed by atoms with Crippen molar-refractivity contribution in [2.75, 3.05) is 13.1 Å². The molecule has 0 aromatic carbocycles. The summed E-state index contributed by atoms with van der Waals surface area (Å²) in [6.45, 7) is 8.41. The lowest BCUT2D eigenvalue weighted by Gasteiger charge is -2.33. The molecule has 1 unspecified atom stereocenters. The quantitative estimate of drug-likeness (QED) is 0.840. The Hall–Kier alpha value is -1.62. The molecule has 5 heteroatoms. The summed E-state index contributed by atoms with van der Waals surface area (Å²) in [5.74, 6) is 3.68. The molecular weight excluding hydrogens is 300 g/mol. The lowest BCUT2D eigenvalue weighted by molar-refractivity contribution is 0.190. The molecule has 0 spiro atoms. The number of rotatable bonds is 5. The smallest absolute Gasteiger partial charge is 0.138 e. The molecule has 4 rings (SSSR count). The highest BCUT2D eigenvalue weighted by atomic mass is 16.5. The minimum atomic E-state index is 0.550. The molecule has 2 aliphatic rings. The van der Waals surface area contributed by atoms with E-state index in [0.29, 0.717) is 5.92 Å². The van der Waals surface area contributed by atoms with Crippen LogP contribution in [-0.2, 0) is 13.1 Å². The number of piperidine rings is 1. The summed E-state index contributed by atoms with van der Waals surface area (Å²) in [4.78, 5) is 7.27. The van der Waals surface area contributed by atoms with Crippen molar-refractivity contribution >= 4 is 0 Å². The lowest BCUT2D eigenvalue weighted by atomic mass is 9.85. The molecule has 1 aliphatic heterocycles. The van der Waals surface area contributed by atoms with Gasteiger partial charge in [0.15, 0.2) is 0 Å². The zero-order valence-electron chi connectivity index (χ0n) is 14.9. The number of imidazole rings is 1. The van der Waals surface area contributed by atoms with Crippen LogP contribution in [-0.4, -0.2) is 32.7 Å². The first-order chi connectivity index (χ1) is 11.7. The topological polar surface area (TPSA) is 47.1 Å². The normalized spacial score (nSPS) is 22.7. The fourth-order valence-corrected chi connectivity index (χ4v) is 4.15. The molecule has 2 aromatic heterocycles. The fourth-order valence-electron chi connectivity index (χ4n) is 4.15. The first-order valence-corrected chi connectivity index (χ1v) is 9.36. The van der Waals surface area contributed by atoms with Crippen molar-refractivity contribution in [2.45, 2.75) is 65.0 Å². The Bertz CT molecular complexity index is 666. The van der Waals surface area contributed by atoms with Crippen LogP contribution in [0, 0.1) is 19.8 Å². The molecule has 2 aromatic rings. The molecule has 5 nitrogen and oxygen atoms in total. The van der Waals surface area contributed by atoms with Crippen molar-refractivity contribution in [3.63, 3.8) is 0 Å². The minimum absolute atomic E-state index is 0.550. The standard InChI is InChI=1S/C19H28N4O/c1-14-18(15(2)24-21-14)13-22-9-4-7-17(12-22)19-20-8-10-23(19)11-16-5-3-6-16/h8,10,16-17H,3-7,9,11-13H2,1-2H3. The van der Waals surface area contributed by atoms with Gasteiger partial charge < -0.3 is 9.09 Å². The van der Waals surface area contributed by atoms with Gasteiger partial charge in [0.05, 0.1) is 5.69 Å². The number of aryl methyl sites for hydroxylation is 2. The van der Waals surface area contributed by atoms with Gasteiger partial charge in [0, 0.05) is 43.5 Å². The Labute approximate surface area is 144 Å². The van der Waals surface area contributed by atoms with Crippen molar-refractivity contribution in [2.24, 2.45) is 5.92 Å². The molecular formula is C19H28N4O. The molecule has 2 fully saturated rings. The van der Waals surface area contributed by atoms with E-state index in [1.165, 1.54) is 43.5 Å². The Morgan fingerprint density at radius 3 is 2.79 bits per heavy atom. The molecule has 0 radical (unpaired) electrons. The molecule has 3 heterocycles. The van der Waals surface area contributed by atoms with E-state index < -0.39 is 0 Å². The van der Waals surface area contributed by atoms with Crippen molar-refractivity contribution in [3.8, 4) is 0 Å². The second kappa shape index (κ2) is 6.71. The number of aromatic nitrogens is 3. The van der Waals surface area contributed by atoms with Crippen LogP contribution >= 0.6 is 0 Å². The number of hydrogen-bond donors (Lipinski definition) is 0. The Kier molecular flexibility index (Phi) is 4.44. The van der Waals surface area contributed by atoms with Gasteiger partial charge >= 0.3 is 0 Å². The second-order valence-corrected chi connectivity index (χ2v) is 7.61. The average Bonchev–Trinajstić information content (AvgIpc) is 3.13. The predicted octanol–water partition coefficient (Wildman–Crippen LogP) is 3.67. The van der Waals surface area contributed by atoms with Gasteiger partial charge in [-0.2, -0.15) is 0 Å². The third-order valence-corrected chi connectivity index (χ3v) is 5.86. The SMILES string of the molecule is Cc1noc(C)c1CN1CCCC(c2nccn2CC2CCC2)C1. The summed E-state index contributed by atoms with van der Waals surface area (Å²) < 4.78 is 7.75. The monoisotopic (exact) mass is 328 g/mol. The van der Waals surface area contributed by atoms with Crippen molar-refractivity contribution in [1.29, 1.82) is 0 Å². The fraction of sp³-hybridized carbons (Fsp3) is 0.684. The van der Waals surface area contributed by atoms with E-state index >= 15 is 0 Å². The van der Waals surface area contributed by atoms with Crippen molar-refractivity contribution in [3.05, 3.63) is 35.2 Å². The number of likely N-dealkylation sites (tertiary alicyclic amines) is 1. The van der Waals surface area contributed by atoms with Gasteiger partial charge in [-0.25, -0.2) is 4.98 Å². The van der Waals surface area contributed by atoms with E-state index in [2.05, 4.69) is 20.8 Å². The molecule has 1 atom stereocenters. The van der Waals surface area contributed by atoms with Gasteiger partial charge in [-0.05, 0) is 52.0 Å². The van der Waals surface area contributed by atoms with Crippen LogP contribution < -0.4 is 0 Å². The van der Waals surface area contributed by atoms with Gasteiger partial charge in [-0.3, -0.25) is 4.90 Å². The van der Waals surface area contributed by atoms with Crippen LogP contribution in [0.5, 0.6) is 0 Å². The number of hydrogen-bond acceptors (Lipinski definition) is 4. The van der Waals surface area contributed by atoms with Crippen LogP contribution in [0.1, 0.15) is 60.9 Å². The van der Waals surface area contributed by atoms with E-state index in [0.717, 1.165) is 43.6 Å². The molecule has 1 aliphatic carbocycles. The molecule has 130 valence electrons. The highest BCUT2D eigenvalue weighted by molar-refractivity contribution is 5.20. The van der Waals surface area contributed by atoms with Gasteiger partial charge in [-0.15, -0.1) is 0 Å². The first-order valence-electron chi connectivity index (χ1n) is 9.36. The van der Waals surface area contributed by atoms with Gasteiger partial charge in [0.2, 0.25) is 0 Å². The highest BCUT2D eigenvalue weighted by Gasteiger charge is 2.27. The van der Waals surface area contributed by atoms with E-state index in [1.54, 1.807) is 0 Å². The highest BCUT2D eigenvalue weighted by Crippen LogP contribution is 2.31. The third kappa shape index (κ3) is 3.14. The van der Waals surface area contributed by atoms with Crippen LogP contribution in [0.15, 0.2) is 16.9 Å². The zero-order chi connectivity index (χ0) is 16.5. The summed E-state index contributed by atoms with van der Waals surface area (Å²) >= 11 is 0. The zero-order valence-corrected chi connectivity index (χ0v) is 14.9. The summed E-state index contributed by atoms with van der Waals surface area (Å²) in [5.41, 5.74) is 2.29. The third-order valence-electron chi connectivity index (χ3n) is 5.86. The van der Waals surface area contributed by atoms with E-state index in [-0.39, 0.29) is 0 Å².